The van der Waals surface area contributed by atoms with Crippen LogP contribution in [-0.4, -0.2) is 25.2 Å². The van der Waals surface area contributed by atoms with E-state index in [1.54, 1.807) is 0 Å². The summed E-state index contributed by atoms with van der Waals surface area (Å²) in [5.74, 6) is 0. The molecule has 2 unspecified atom stereocenters. The van der Waals surface area contributed by atoms with E-state index in [-0.39, 0.29) is 0 Å². The van der Waals surface area contributed by atoms with Gasteiger partial charge in [-0.15, -0.1) is 0 Å². The smallest absolute Gasteiger partial charge is 0.0193 e. The van der Waals surface area contributed by atoms with Gasteiger partial charge in [-0.05, 0) is 25.2 Å². The third-order valence-electron chi connectivity index (χ3n) is 2.67. The van der Waals surface area contributed by atoms with Crippen molar-refractivity contribution in [3.8, 4) is 0 Å². The molecule has 0 spiro atoms. The number of hydrogen-bond acceptors (Lipinski definition) is 2. The average molecular weight is 184 g/mol. The Kier molecular flexibility index (Phi) is 3.74. The maximum Gasteiger partial charge on any atom is 0.0193 e. The third-order valence-corrected chi connectivity index (χ3v) is 2.67. The summed E-state index contributed by atoms with van der Waals surface area (Å²) in [4.78, 5) is 0. The van der Waals surface area contributed by atoms with E-state index in [0.29, 0.717) is 17.5 Å². The highest BCUT2D eigenvalue weighted by Gasteiger charge is 2.19. The van der Waals surface area contributed by atoms with Crippen LogP contribution in [0.1, 0.15) is 40.5 Å². The fourth-order valence-corrected chi connectivity index (χ4v) is 1.64. The van der Waals surface area contributed by atoms with Crippen LogP contribution in [0.15, 0.2) is 0 Å². The second kappa shape index (κ2) is 4.43. The normalized spacial score (nSPS) is 30.5. The van der Waals surface area contributed by atoms with E-state index in [2.05, 4.69) is 38.3 Å². The second-order valence-corrected chi connectivity index (χ2v) is 5.51. The van der Waals surface area contributed by atoms with Crippen molar-refractivity contribution in [2.75, 3.05) is 13.1 Å². The summed E-state index contributed by atoms with van der Waals surface area (Å²) in [5, 5.41) is 7.08. The van der Waals surface area contributed by atoms with Crippen molar-refractivity contribution in [1.82, 2.24) is 10.6 Å². The van der Waals surface area contributed by atoms with E-state index >= 15 is 0 Å². The van der Waals surface area contributed by atoms with Crippen molar-refractivity contribution in [3.05, 3.63) is 0 Å². The van der Waals surface area contributed by atoms with Gasteiger partial charge in [0.1, 0.15) is 0 Å². The number of piperazine rings is 1. The molecule has 1 heterocycles. The minimum absolute atomic E-state index is 0.477. The molecule has 0 bridgehead atoms. The molecular formula is C11H24N2. The van der Waals surface area contributed by atoms with Crippen LogP contribution < -0.4 is 10.6 Å². The summed E-state index contributed by atoms with van der Waals surface area (Å²) in [6, 6.07) is 1.33. The van der Waals surface area contributed by atoms with E-state index in [1.165, 1.54) is 12.8 Å². The highest BCUT2D eigenvalue weighted by Crippen LogP contribution is 2.21. The van der Waals surface area contributed by atoms with Gasteiger partial charge < -0.3 is 10.6 Å². The van der Waals surface area contributed by atoms with Gasteiger partial charge in [-0.1, -0.05) is 20.8 Å². The average Bonchev–Trinajstić information content (AvgIpc) is 2.02. The first-order chi connectivity index (χ1) is 5.97. The Labute approximate surface area is 82.5 Å². The van der Waals surface area contributed by atoms with Crippen molar-refractivity contribution >= 4 is 0 Å². The lowest BCUT2D eigenvalue weighted by atomic mass is 9.88. The summed E-state index contributed by atoms with van der Waals surface area (Å²) >= 11 is 0. The summed E-state index contributed by atoms with van der Waals surface area (Å²) in [7, 11) is 0. The van der Waals surface area contributed by atoms with E-state index in [1.807, 2.05) is 0 Å². The number of hydrogen-bond donors (Lipinski definition) is 2. The summed E-state index contributed by atoms with van der Waals surface area (Å²) < 4.78 is 0. The SMILES string of the molecule is CC1CNC(CCC(C)(C)C)CN1. The van der Waals surface area contributed by atoms with Crippen molar-refractivity contribution < 1.29 is 0 Å². The Morgan fingerprint density at radius 1 is 1.15 bits per heavy atom. The van der Waals surface area contributed by atoms with Crippen molar-refractivity contribution in [1.29, 1.82) is 0 Å². The van der Waals surface area contributed by atoms with Crippen LogP contribution >= 0.6 is 0 Å². The molecule has 1 saturated heterocycles. The highest BCUT2D eigenvalue weighted by atomic mass is 15.1. The van der Waals surface area contributed by atoms with Crippen LogP contribution in [0, 0.1) is 5.41 Å². The van der Waals surface area contributed by atoms with Crippen molar-refractivity contribution in [2.45, 2.75) is 52.6 Å². The predicted octanol–water partition coefficient (Wildman–Crippen LogP) is 1.76. The lowest BCUT2D eigenvalue weighted by Crippen LogP contribution is -2.53. The summed E-state index contributed by atoms with van der Waals surface area (Å²) in [5.41, 5.74) is 0.477. The fourth-order valence-electron chi connectivity index (χ4n) is 1.64. The van der Waals surface area contributed by atoms with Gasteiger partial charge in [-0.3, -0.25) is 0 Å². The molecule has 1 rings (SSSR count). The van der Waals surface area contributed by atoms with Gasteiger partial charge >= 0.3 is 0 Å². The molecule has 0 amide bonds. The van der Waals surface area contributed by atoms with Gasteiger partial charge in [-0.2, -0.15) is 0 Å². The van der Waals surface area contributed by atoms with Gasteiger partial charge in [0.15, 0.2) is 0 Å². The summed E-state index contributed by atoms with van der Waals surface area (Å²) in [6.07, 6.45) is 2.60. The molecule has 0 aromatic rings. The molecule has 1 aliphatic rings. The molecule has 1 aliphatic heterocycles. The monoisotopic (exact) mass is 184 g/mol. The topological polar surface area (TPSA) is 24.1 Å². The molecule has 0 saturated carbocycles. The van der Waals surface area contributed by atoms with Gasteiger partial charge in [0.25, 0.3) is 0 Å². The molecule has 0 radical (unpaired) electrons. The zero-order chi connectivity index (χ0) is 9.90. The molecular weight excluding hydrogens is 160 g/mol. The third kappa shape index (κ3) is 4.63. The van der Waals surface area contributed by atoms with Gasteiger partial charge in [0.2, 0.25) is 0 Å². The lowest BCUT2D eigenvalue weighted by Gasteiger charge is -2.31. The standard InChI is InChI=1S/C11H24N2/c1-9-7-13-10(8-12-9)5-6-11(2,3)4/h9-10,12-13H,5-8H2,1-4H3. The Bertz CT molecular complexity index is 141. The van der Waals surface area contributed by atoms with Crippen LogP contribution in [0.5, 0.6) is 0 Å². The van der Waals surface area contributed by atoms with Gasteiger partial charge in [0, 0.05) is 25.2 Å². The van der Waals surface area contributed by atoms with Crippen molar-refractivity contribution in [3.63, 3.8) is 0 Å². The second-order valence-electron chi connectivity index (χ2n) is 5.51. The first-order valence-electron chi connectivity index (χ1n) is 5.44. The predicted molar refractivity (Wildman–Crippen MR) is 57.9 cm³/mol. The van der Waals surface area contributed by atoms with Gasteiger partial charge in [-0.25, -0.2) is 0 Å². The molecule has 0 aromatic heterocycles. The zero-order valence-electron chi connectivity index (χ0n) is 9.48. The van der Waals surface area contributed by atoms with E-state index < -0.39 is 0 Å². The Morgan fingerprint density at radius 2 is 1.85 bits per heavy atom. The minimum atomic E-state index is 0.477. The molecule has 2 atom stereocenters. The quantitative estimate of drug-likeness (QED) is 0.683. The summed E-state index contributed by atoms with van der Waals surface area (Å²) in [6.45, 7) is 11.4. The first kappa shape index (κ1) is 11.0. The molecule has 0 aliphatic carbocycles. The van der Waals surface area contributed by atoms with Crippen LogP contribution in [0.4, 0.5) is 0 Å². The maximum absolute atomic E-state index is 3.58. The molecule has 1 fully saturated rings. The molecule has 2 N–H and O–H groups in total. The fraction of sp³-hybridized carbons (Fsp3) is 1.00. The van der Waals surface area contributed by atoms with Crippen molar-refractivity contribution in [2.24, 2.45) is 5.41 Å². The molecule has 0 aromatic carbocycles. The molecule has 2 nitrogen and oxygen atoms in total. The first-order valence-corrected chi connectivity index (χ1v) is 5.44. The van der Waals surface area contributed by atoms with E-state index in [0.717, 1.165) is 13.1 Å². The Balaban J connectivity index is 2.16. The Hall–Kier alpha value is -0.0800. The number of rotatable bonds is 2. The van der Waals surface area contributed by atoms with Crippen LogP contribution in [-0.2, 0) is 0 Å². The van der Waals surface area contributed by atoms with Crippen LogP contribution in [0.2, 0.25) is 0 Å². The van der Waals surface area contributed by atoms with Gasteiger partial charge in [0.05, 0.1) is 0 Å². The Morgan fingerprint density at radius 3 is 2.31 bits per heavy atom. The molecule has 13 heavy (non-hydrogen) atoms. The highest BCUT2D eigenvalue weighted by molar-refractivity contribution is 4.81. The van der Waals surface area contributed by atoms with Crippen LogP contribution in [0.3, 0.4) is 0 Å². The number of nitrogens with one attached hydrogen (secondary N) is 2. The lowest BCUT2D eigenvalue weighted by molar-refractivity contribution is 0.291. The maximum atomic E-state index is 3.58. The van der Waals surface area contributed by atoms with E-state index in [9.17, 15) is 0 Å². The zero-order valence-corrected chi connectivity index (χ0v) is 9.48. The van der Waals surface area contributed by atoms with E-state index in [4.69, 9.17) is 0 Å². The largest absolute Gasteiger partial charge is 0.311 e. The minimum Gasteiger partial charge on any atom is -0.311 e. The molecule has 2 heteroatoms. The van der Waals surface area contributed by atoms with Crippen LogP contribution in [0.25, 0.3) is 0 Å². The molecule has 78 valence electrons.